The fourth-order valence-corrected chi connectivity index (χ4v) is 4.95. The van der Waals surface area contributed by atoms with Gasteiger partial charge in [-0.15, -0.1) is 13.2 Å². The lowest BCUT2D eigenvalue weighted by molar-refractivity contribution is -0.274. The predicted octanol–water partition coefficient (Wildman–Crippen LogP) is 3.86. The van der Waals surface area contributed by atoms with Crippen LogP contribution in [0.4, 0.5) is 29.6 Å². The van der Waals surface area contributed by atoms with E-state index in [1.54, 1.807) is 29.8 Å². The Hall–Kier alpha value is -2.73. The molecule has 1 aromatic carbocycles. The van der Waals surface area contributed by atoms with E-state index in [0.29, 0.717) is 17.1 Å². The van der Waals surface area contributed by atoms with Crippen LogP contribution >= 0.6 is 11.9 Å². The molecule has 8 nitrogen and oxygen atoms in total. The molecule has 0 radical (unpaired) electrons. The third-order valence-electron chi connectivity index (χ3n) is 5.53. The molecule has 0 N–H and O–H groups in total. The van der Waals surface area contributed by atoms with Gasteiger partial charge in [-0.05, 0) is 55.6 Å². The fourth-order valence-electron chi connectivity index (χ4n) is 3.83. The number of unbranched alkanes of at least 4 members (excludes halogenated alkanes) is 1. The molecule has 1 aromatic heterocycles. The summed E-state index contributed by atoms with van der Waals surface area (Å²) in [5.74, 6) is 0.461. The molecule has 1 fully saturated rings. The minimum Gasteiger partial charge on any atom is -0.406 e. The molecule has 12 heteroatoms. The molecular formula is C21H25F3N6O2S. The number of aromatic nitrogens is 2. The summed E-state index contributed by atoms with van der Waals surface area (Å²) in [5.41, 5.74) is 0.566. The van der Waals surface area contributed by atoms with E-state index < -0.39 is 6.36 Å². The summed E-state index contributed by atoms with van der Waals surface area (Å²) in [6, 6.07) is 5.62. The number of carbonyl (C=O) groups is 1. The van der Waals surface area contributed by atoms with Crippen LogP contribution in [-0.4, -0.2) is 77.9 Å². The van der Waals surface area contributed by atoms with Crippen molar-refractivity contribution in [3.05, 3.63) is 36.7 Å². The molecule has 0 aliphatic carbocycles. The average Bonchev–Trinajstić information content (AvgIpc) is 2.79. The monoisotopic (exact) mass is 482 g/mol. The highest BCUT2D eigenvalue weighted by atomic mass is 32.2. The second-order valence-electron chi connectivity index (χ2n) is 7.80. The Kier molecular flexibility index (Phi) is 7.13. The normalized spacial score (nSPS) is 17.3. The quantitative estimate of drug-likeness (QED) is 0.439. The lowest BCUT2D eigenvalue weighted by atomic mass is 10.2. The zero-order chi connectivity index (χ0) is 23.4. The largest absolute Gasteiger partial charge is 0.573 e. The second kappa shape index (κ2) is 10.0. The van der Waals surface area contributed by atoms with Crippen LogP contribution in [0.15, 0.2) is 41.6 Å². The van der Waals surface area contributed by atoms with E-state index in [4.69, 9.17) is 0 Å². The summed E-state index contributed by atoms with van der Waals surface area (Å²) in [6.07, 6.45) is 0.445. The van der Waals surface area contributed by atoms with Gasteiger partial charge in [-0.2, -0.15) is 0 Å². The van der Waals surface area contributed by atoms with Crippen molar-refractivity contribution in [3.8, 4) is 5.75 Å². The minimum absolute atomic E-state index is 0.187. The third kappa shape index (κ3) is 5.99. The zero-order valence-electron chi connectivity index (χ0n) is 18.2. The van der Waals surface area contributed by atoms with Crippen molar-refractivity contribution in [2.45, 2.75) is 24.1 Å². The lowest BCUT2D eigenvalue weighted by Crippen LogP contribution is -2.47. The number of hydrogen-bond acceptors (Lipinski definition) is 7. The van der Waals surface area contributed by atoms with E-state index in [2.05, 4.69) is 24.5 Å². The van der Waals surface area contributed by atoms with Gasteiger partial charge in [0.25, 0.3) is 0 Å². The van der Waals surface area contributed by atoms with Crippen LogP contribution in [0.5, 0.6) is 5.75 Å². The highest BCUT2D eigenvalue weighted by Gasteiger charge is 2.33. The first kappa shape index (κ1) is 23.4. The molecule has 3 heterocycles. The molecule has 0 atom stereocenters. The topological polar surface area (TPSA) is 65.0 Å². The van der Waals surface area contributed by atoms with E-state index in [1.807, 2.05) is 0 Å². The van der Waals surface area contributed by atoms with Gasteiger partial charge in [0.05, 0.1) is 10.6 Å². The van der Waals surface area contributed by atoms with Gasteiger partial charge in [0.15, 0.2) is 0 Å². The number of ether oxygens (including phenoxy) is 1. The molecule has 2 aliphatic heterocycles. The molecule has 1 saturated heterocycles. The van der Waals surface area contributed by atoms with Crippen molar-refractivity contribution >= 4 is 29.6 Å². The van der Waals surface area contributed by atoms with Crippen molar-refractivity contribution < 1.29 is 22.7 Å². The number of urea groups is 1. The molecule has 0 spiro atoms. The maximum atomic E-state index is 12.7. The van der Waals surface area contributed by atoms with Gasteiger partial charge >= 0.3 is 12.4 Å². The number of piperazine rings is 1. The maximum Gasteiger partial charge on any atom is 0.573 e. The summed E-state index contributed by atoms with van der Waals surface area (Å²) in [4.78, 5) is 27.8. The number of alkyl halides is 3. The van der Waals surface area contributed by atoms with E-state index in [0.717, 1.165) is 63.5 Å². The van der Waals surface area contributed by atoms with Crippen molar-refractivity contribution in [1.29, 1.82) is 0 Å². The predicted molar refractivity (Wildman–Crippen MR) is 119 cm³/mol. The van der Waals surface area contributed by atoms with Crippen LogP contribution in [0.1, 0.15) is 12.8 Å². The van der Waals surface area contributed by atoms with Crippen LogP contribution in [0, 0.1) is 0 Å². The highest BCUT2D eigenvalue weighted by Crippen LogP contribution is 2.41. The number of nitrogens with zero attached hydrogens (tertiary/aromatic N) is 6. The molecule has 0 bridgehead atoms. The van der Waals surface area contributed by atoms with Crippen molar-refractivity contribution in [2.75, 3.05) is 56.1 Å². The van der Waals surface area contributed by atoms with Crippen LogP contribution < -0.4 is 14.5 Å². The first-order valence-corrected chi connectivity index (χ1v) is 11.4. The molecule has 2 aromatic rings. The number of rotatable bonds is 7. The summed E-state index contributed by atoms with van der Waals surface area (Å²) in [7, 11) is 1.62. The SMILES string of the molecule is CN1C(=O)N(CCCCN2CCN(c3ncccn3)CC2)Sc2cc(OC(F)(F)F)ccc21. The number of benzene rings is 1. The molecule has 0 saturated carbocycles. The van der Waals surface area contributed by atoms with Crippen LogP contribution in [0.3, 0.4) is 0 Å². The van der Waals surface area contributed by atoms with Crippen molar-refractivity contribution in [3.63, 3.8) is 0 Å². The maximum absolute atomic E-state index is 12.7. The smallest absolute Gasteiger partial charge is 0.406 e. The first-order valence-electron chi connectivity index (χ1n) is 10.7. The molecule has 2 aliphatic rings. The van der Waals surface area contributed by atoms with Gasteiger partial charge in [0.2, 0.25) is 5.95 Å². The van der Waals surface area contributed by atoms with E-state index in [-0.39, 0.29) is 11.8 Å². The van der Waals surface area contributed by atoms with Gasteiger partial charge in [-0.3, -0.25) is 14.1 Å². The first-order chi connectivity index (χ1) is 15.8. The molecule has 33 heavy (non-hydrogen) atoms. The Morgan fingerprint density at radius 2 is 1.76 bits per heavy atom. The van der Waals surface area contributed by atoms with Gasteiger partial charge in [0, 0.05) is 52.2 Å². The molecule has 0 unspecified atom stereocenters. The molecule has 2 amide bonds. The van der Waals surface area contributed by atoms with Crippen LogP contribution in [-0.2, 0) is 0 Å². The van der Waals surface area contributed by atoms with Gasteiger partial charge in [-0.25, -0.2) is 14.8 Å². The minimum atomic E-state index is -4.76. The van der Waals surface area contributed by atoms with Crippen LogP contribution in [0.2, 0.25) is 0 Å². The molecule has 4 rings (SSSR count). The number of anilines is 2. The number of hydrogen-bond donors (Lipinski definition) is 0. The summed E-state index contributed by atoms with van der Waals surface area (Å²) >= 11 is 1.15. The lowest BCUT2D eigenvalue weighted by Gasteiger charge is -2.35. The van der Waals surface area contributed by atoms with E-state index in [9.17, 15) is 18.0 Å². The van der Waals surface area contributed by atoms with E-state index in [1.165, 1.54) is 23.1 Å². The Bertz CT molecular complexity index is 957. The standard InChI is InChI=1S/C21H25F3N6O2S/c1-27-17-6-5-16(32-21(22,23)24)15-18(17)33-30(20(27)31)10-3-2-9-28-11-13-29(14-12-28)19-25-7-4-8-26-19/h4-8,15H,2-3,9-14H2,1H3. The third-order valence-corrected chi connectivity index (χ3v) is 6.61. The summed E-state index contributed by atoms with van der Waals surface area (Å²) in [5, 5.41) is 0. The Morgan fingerprint density at radius 1 is 1.06 bits per heavy atom. The number of amides is 2. The fraction of sp³-hybridized carbons (Fsp3) is 0.476. The van der Waals surface area contributed by atoms with Gasteiger partial charge in [0.1, 0.15) is 5.75 Å². The number of fused-ring (bicyclic) bond motifs is 1. The number of halogens is 3. The van der Waals surface area contributed by atoms with Crippen molar-refractivity contribution in [2.24, 2.45) is 0 Å². The van der Waals surface area contributed by atoms with Crippen molar-refractivity contribution in [1.82, 2.24) is 19.2 Å². The van der Waals surface area contributed by atoms with Gasteiger partial charge < -0.3 is 9.64 Å². The Morgan fingerprint density at radius 3 is 2.45 bits per heavy atom. The molecule has 178 valence electrons. The Labute approximate surface area is 194 Å². The highest BCUT2D eigenvalue weighted by molar-refractivity contribution is 7.97. The molecular weight excluding hydrogens is 457 g/mol. The summed E-state index contributed by atoms with van der Waals surface area (Å²) < 4.78 is 43.2. The van der Waals surface area contributed by atoms with Gasteiger partial charge in [-0.1, -0.05) is 0 Å². The number of carbonyl (C=O) groups excluding carboxylic acids is 1. The van der Waals surface area contributed by atoms with E-state index >= 15 is 0 Å². The van der Waals surface area contributed by atoms with Crippen LogP contribution in [0.25, 0.3) is 0 Å². The average molecular weight is 483 g/mol. The zero-order valence-corrected chi connectivity index (χ0v) is 19.0. The second-order valence-corrected chi connectivity index (χ2v) is 8.86. The summed E-state index contributed by atoms with van der Waals surface area (Å²) in [6.45, 7) is 5.02. The Balaban J connectivity index is 1.24.